The molecule has 2 heterocycles. The van der Waals surface area contributed by atoms with Crippen LogP contribution in [0.3, 0.4) is 0 Å². The highest BCUT2D eigenvalue weighted by Crippen LogP contribution is 2.48. The van der Waals surface area contributed by atoms with Crippen molar-refractivity contribution >= 4 is 17.5 Å². The van der Waals surface area contributed by atoms with Crippen molar-refractivity contribution in [2.75, 3.05) is 42.1 Å². The molecule has 5 rings (SSSR count). The SMILES string of the molecule is COc1ccc(CCN2C(=O)c3[nH]nc(-c4cc(Cl)ccc4O)c3C2c2cc(OC)c(OC)c(OC)c2)cc1OC. The molecule has 1 aliphatic heterocycles. The average Bonchev–Trinajstić information content (AvgIpc) is 3.54. The number of nitrogens with one attached hydrogen (secondary N) is 1. The molecule has 0 saturated carbocycles. The normalized spacial score (nSPS) is 14.1. The van der Waals surface area contributed by atoms with Crippen LogP contribution in [0.4, 0.5) is 0 Å². The van der Waals surface area contributed by atoms with Gasteiger partial charge in [0, 0.05) is 22.7 Å². The monoisotopic (exact) mass is 579 g/mol. The summed E-state index contributed by atoms with van der Waals surface area (Å²) in [7, 11) is 7.77. The first-order valence-electron chi connectivity index (χ1n) is 12.7. The lowest BCUT2D eigenvalue weighted by Gasteiger charge is -2.27. The van der Waals surface area contributed by atoms with Gasteiger partial charge in [-0.2, -0.15) is 5.10 Å². The third-order valence-electron chi connectivity index (χ3n) is 7.17. The number of aromatic hydroxyl groups is 1. The molecule has 10 nitrogen and oxygen atoms in total. The van der Waals surface area contributed by atoms with Gasteiger partial charge in [0.25, 0.3) is 5.91 Å². The fourth-order valence-corrected chi connectivity index (χ4v) is 5.39. The minimum Gasteiger partial charge on any atom is -0.507 e. The zero-order valence-corrected chi connectivity index (χ0v) is 24.0. The van der Waals surface area contributed by atoms with Crippen molar-refractivity contribution in [3.8, 4) is 45.8 Å². The molecular weight excluding hydrogens is 550 g/mol. The Labute approximate surface area is 242 Å². The van der Waals surface area contributed by atoms with Crippen molar-refractivity contribution in [3.05, 3.63) is 75.9 Å². The van der Waals surface area contributed by atoms with E-state index in [1.165, 1.54) is 27.4 Å². The van der Waals surface area contributed by atoms with E-state index in [0.29, 0.717) is 74.8 Å². The fraction of sp³-hybridized carbons (Fsp3) is 0.267. The second-order valence-electron chi connectivity index (χ2n) is 9.32. The minimum atomic E-state index is -0.599. The van der Waals surface area contributed by atoms with Crippen molar-refractivity contribution in [2.45, 2.75) is 12.5 Å². The summed E-state index contributed by atoms with van der Waals surface area (Å²) in [6.45, 7) is 0.360. The first-order chi connectivity index (χ1) is 19.8. The van der Waals surface area contributed by atoms with Crippen LogP contribution in [-0.2, 0) is 6.42 Å². The van der Waals surface area contributed by atoms with E-state index < -0.39 is 6.04 Å². The van der Waals surface area contributed by atoms with E-state index in [1.807, 2.05) is 30.3 Å². The van der Waals surface area contributed by atoms with Gasteiger partial charge in [-0.3, -0.25) is 9.89 Å². The average molecular weight is 580 g/mol. The maximum atomic E-state index is 13.9. The predicted molar refractivity (Wildman–Crippen MR) is 153 cm³/mol. The number of hydrogen-bond donors (Lipinski definition) is 2. The molecule has 1 aliphatic rings. The van der Waals surface area contributed by atoms with Gasteiger partial charge in [-0.15, -0.1) is 0 Å². The van der Waals surface area contributed by atoms with E-state index >= 15 is 0 Å². The van der Waals surface area contributed by atoms with Crippen LogP contribution in [0.2, 0.25) is 5.02 Å². The second-order valence-corrected chi connectivity index (χ2v) is 9.76. The summed E-state index contributed by atoms with van der Waals surface area (Å²) in [6.07, 6.45) is 0.530. The number of hydrogen-bond acceptors (Lipinski definition) is 8. The number of aromatic nitrogens is 2. The van der Waals surface area contributed by atoms with Crippen LogP contribution in [0, 0.1) is 0 Å². The molecule has 0 fully saturated rings. The minimum absolute atomic E-state index is 0.0106. The maximum Gasteiger partial charge on any atom is 0.273 e. The molecule has 1 unspecified atom stereocenters. The number of fused-ring (bicyclic) bond motifs is 1. The van der Waals surface area contributed by atoms with Crippen LogP contribution in [0.1, 0.15) is 33.2 Å². The second kappa shape index (κ2) is 11.5. The zero-order valence-electron chi connectivity index (χ0n) is 23.3. The highest BCUT2D eigenvalue weighted by Gasteiger charge is 2.43. The first-order valence-corrected chi connectivity index (χ1v) is 13.1. The van der Waals surface area contributed by atoms with Crippen molar-refractivity contribution < 1.29 is 33.6 Å². The Hall–Kier alpha value is -4.57. The van der Waals surface area contributed by atoms with Crippen LogP contribution in [0.25, 0.3) is 11.3 Å². The predicted octanol–water partition coefficient (Wildman–Crippen LogP) is 5.27. The highest BCUT2D eigenvalue weighted by molar-refractivity contribution is 6.31. The lowest BCUT2D eigenvalue weighted by molar-refractivity contribution is 0.0745. The third kappa shape index (κ3) is 4.95. The molecule has 0 saturated heterocycles. The number of aromatic amines is 1. The number of ether oxygens (including phenoxy) is 5. The van der Waals surface area contributed by atoms with E-state index in [2.05, 4.69) is 10.2 Å². The first kappa shape index (κ1) is 28.0. The molecule has 4 aromatic rings. The van der Waals surface area contributed by atoms with E-state index in [9.17, 15) is 9.90 Å². The van der Waals surface area contributed by atoms with Gasteiger partial charge in [-0.1, -0.05) is 17.7 Å². The quantitative estimate of drug-likeness (QED) is 0.261. The molecule has 214 valence electrons. The molecule has 0 aliphatic carbocycles. The van der Waals surface area contributed by atoms with Crippen LogP contribution in [0.5, 0.6) is 34.5 Å². The van der Waals surface area contributed by atoms with Gasteiger partial charge in [0.2, 0.25) is 5.75 Å². The summed E-state index contributed by atoms with van der Waals surface area (Å²) in [4.78, 5) is 15.6. The number of methoxy groups -OCH3 is 5. The number of rotatable bonds is 10. The van der Waals surface area contributed by atoms with Crippen molar-refractivity contribution in [2.24, 2.45) is 0 Å². The summed E-state index contributed by atoms with van der Waals surface area (Å²) in [5.74, 6) is 2.29. The Morgan fingerprint density at radius 3 is 2.20 bits per heavy atom. The van der Waals surface area contributed by atoms with Gasteiger partial charge in [-0.05, 0) is 60.0 Å². The van der Waals surface area contributed by atoms with Gasteiger partial charge in [0.05, 0.1) is 41.6 Å². The molecule has 3 aromatic carbocycles. The number of nitrogens with zero attached hydrogens (tertiary/aromatic N) is 2. The molecule has 1 amide bonds. The molecule has 0 radical (unpaired) electrons. The number of halogens is 1. The van der Waals surface area contributed by atoms with E-state index in [0.717, 1.165) is 5.56 Å². The van der Waals surface area contributed by atoms with Crippen LogP contribution in [-0.4, -0.2) is 68.2 Å². The standard InChI is InChI=1S/C30H30ClN3O7/c1-37-21-9-6-16(12-22(21)38-2)10-11-34-28(17-13-23(39-3)29(41-5)24(14-17)40-4)25-26(32-33-27(25)30(34)36)19-15-18(31)7-8-20(19)35/h6-9,12-15,28,35H,10-11H2,1-5H3,(H,32,33). The highest BCUT2D eigenvalue weighted by atomic mass is 35.5. The summed E-state index contributed by atoms with van der Waals surface area (Å²) < 4.78 is 27.6. The Morgan fingerprint density at radius 1 is 0.878 bits per heavy atom. The van der Waals surface area contributed by atoms with Crippen molar-refractivity contribution in [3.63, 3.8) is 0 Å². The molecule has 2 N–H and O–H groups in total. The molecule has 41 heavy (non-hydrogen) atoms. The number of phenols is 1. The van der Waals surface area contributed by atoms with Gasteiger partial charge >= 0.3 is 0 Å². The van der Waals surface area contributed by atoms with Crippen LogP contribution in [0.15, 0.2) is 48.5 Å². The van der Waals surface area contributed by atoms with Gasteiger partial charge in [-0.25, -0.2) is 0 Å². The Morgan fingerprint density at radius 2 is 1.56 bits per heavy atom. The van der Waals surface area contributed by atoms with Crippen LogP contribution >= 0.6 is 11.6 Å². The smallest absolute Gasteiger partial charge is 0.273 e. The topological polar surface area (TPSA) is 115 Å². The molecular formula is C30H30ClN3O7. The van der Waals surface area contributed by atoms with Gasteiger partial charge < -0.3 is 33.7 Å². The van der Waals surface area contributed by atoms with Gasteiger partial charge in [0.1, 0.15) is 17.1 Å². The number of carbonyl (C=O) groups excluding carboxylic acids is 1. The van der Waals surface area contributed by atoms with E-state index in [4.69, 9.17) is 35.3 Å². The third-order valence-corrected chi connectivity index (χ3v) is 7.40. The zero-order chi connectivity index (χ0) is 29.3. The Bertz CT molecular complexity index is 1580. The molecule has 11 heteroatoms. The Balaban J connectivity index is 1.63. The van der Waals surface area contributed by atoms with Gasteiger partial charge in [0.15, 0.2) is 23.0 Å². The maximum absolute atomic E-state index is 13.9. The molecule has 0 bridgehead atoms. The fourth-order valence-electron chi connectivity index (χ4n) is 5.22. The number of amides is 1. The Kier molecular flexibility index (Phi) is 7.85. The van der Waals surface area contributed by atoms with E-state index in [-0.39, 0.29) is 11.7 Å². The summed E-state index contributed by atoms with van der Waals surface area (Å²) in [5.41, 5.74) is 3.42. The number of carbonyl (C=O) groups is 1. The molecule has 1 aromatic heterocycles. The lowest BCUT2D eigenvalue weighted by atomic mass is 9.95. The van der Waals surface area contributed by atoms with Crippen LogP contribution < -0.4 is 23.7 Å². The largest absolute Gasteiger partial charge is 0.507 e. The lowest BCUT2D eigenvalue weighted by Crippen LogP contribution is -2.31. The summed E-state index contributed by atoms with van der Waals surface area (Å²) in [5, 5.41) is 18.5. The summed E-state index contributed by atoms with van der Waals surface area (Å²) >= 11 is 6.28. The van der Waals surface area contributed by atoms with Crippen molar-refractivity contribution in [1.29, 1.82) is 0 Å². The number of phenolic OH excluding ortho intramolecular Hbond substituents is 1. The molecule has 1 atom stereocenters. The summed E-state index contributed by atoms with van der Waals surface area (Å²) in [6, 6.07) is 13.4. The number of benzene rings is 3. The van der Waals surface area contributed by atoms with E-state index in [1.54, 1.807) is 31.3 Å². The number of H-pyrrole nitrogens is 1. The van der Waals surface area contributed by atoms with Crippen molar-refractivity contribution in [1.82, 2.24) is 15.1 Å². The molecule has 0 spiro atoms.